The van der Waals surface area contributed by atoms with Gasteiger partial charge in [-0.05, 0) is 25.5 Å². The van der Waals surface area contributed by atoms with Gasteiger partial charge >= 0.3 is 0 Å². The lowest BCUT2D eigenvalue weighted by Gasteiger charge is -2.41. The van der Waals surface area contributed by atoms with E-state index in [1.165, 1.54) is 6.07 Å². The molecule has 1 N–H and O–H groups in total. The van der Waals surface area contributed by atoms with Gasteiger partial charge in [0.05, 0.1) is 5.60 Å². The van der Waals surface area contributed by atoms with Gasteiger partial charge in [0.2, 0.25) is 0 Å². The van der Waals surface area contributed by atoms with Crippen LogP contribution in [0, 0.1) is 11.7 Å². The lowest BCUT2D eigenvalue weighted by molar-refractivity contribution is -0.00960. The Bertz CT molecular complexity index is 381. The molecule has 1 fully saturated rings. The maximum Gasteiger partial charge on any atom is 0.165 e. The lowest BCUT2D eigenvalue weighted by atomic mass is 9.84. The lowest BCUT2D eigenvalue weighted by Crippen LogP contribution is -2.49. The highest BCUT2D eigenvalue weighted by Crippen LogP contribution is 2.30. The van der Waals surface area contributed by atoms with Gasteiger partial charge in [-0.3, -0.25) is 0 Å². The van der Waals surface area contributed by atoms with E-state index < -0.39 is 5.60 Å². The quantitative estimate of drug-likeness (QED) is 0.790. The zero-order valence-corrected chi connectivity index (χ0v) is 9.65. The first-order valence-corrected chi connectivity index (χ1v) is 5.58. The van der Waals surface area contributed by atoms with Gasteiger partial charge in [-0.25, -0.2) is 9.37 Å². The Morgan fingerprint density at radius 1 is 1.62 bits per heavy atom. The highest BCUT2D eigenvalue weighted by atomic mass is 19.1. The summed E-state index contributed by atoms with van der Waals surface area (Å²) in [5, 5.41) is 10.0. The van der Waals surface area contributed by atoms with Crippen LogP contribution < -0.4 is 4.90 Å². The van der Waals surface area contributed by atoms with Crippen molar-refractivity contribution in [3.63, 3.8) is 0 Å². The molecule has 16 heavy (non-hydrogen) atoms. The predicted octanol–water partition coefficient (Wildman–Crippen LogP) is 1.82. The van der Waals surface area contributed by atoms with Gasteiger partial charge in [0.15, 0.2) is 11.6 Å². The van der Waals surface area contributed by atoms with Crippen LogP contribution in [-0.2, 0) is 0 Å². The van der Waals surface area contributed by atoms with Crippen LogP contribution in [0.4, 0.5) is 10.2 Å². The van der Waals surface area contributed by atoms with Crippen molar-refractivity contribution in [3.05, 3.63) is 24.1 Å². The highest BCUT2D eigenvalue weighted by molar-refractivity contribution is 5.40. The molecule has 0 aliphatic carbocycles. The second-order valence-corrected chi connectivity index (χ2v) is 4.76. The summed E-state index contributed by atoms with van der Waals surface area (Å²) in [6, 6.07) is 3.00. The number of aliphatic hydroxyl groups is 1. The van der Waals surface area contributed by atoms with Gasteiger partial charge in [-0.15, -0.1) is 0 Å². The van der Waals surface area contributed by atoms with E-state index in [0.717, 1.165) is 0 Å². The van der Waals surface area contributed by atoms with Crippen molar-refractivity contribution in [1.82, 2.24) is 4.98 Å². The SMILES string of the molecule is C[C@@H]1CN(c2ncccc2F)CC[C@]1(C)O. The van der Waals surface area contributed by atoms with E-state index in [1.807, 2.05) is 18.7 Å². The number of hydrogen-bond acceptors (Lipinski definition) is 3. The standard InChI is InChI=1S/C12H17FN2O/c1-9-8-15(7-5-12(9,2)16)11-10(13)4-3-6-14-11/h3-4,6,9,16H,5,7-8H2,1-2H3/t9-,12+/m1/s1. The van der Waals surface area contributed by atoms with Gasteiger partial charge < -0.3 is 10.0 Å². The van der Waals surface area contributed by atoms with Crippen LogP contribution in [0.25, 0.3) is 0 Å². The molecule has 4 heteroatoms. The molecule has 1 saturated heterocycles. The molecule has 0 bridgehead atoms. The third kappa shape index (κ3) is 2.02. The monoisotopic (exact) mass is 224 g/mol. The van der Waals surface area contributed by atoms with Crippen LogP contribution in [0.3, 0.4) is 0 Å². The first-order valence-electron chi connectivity index (χ1n) is 5.58. The molecule has 88 valence electrons. The fourth-order valence-electron chi connectivity index (χ4n) is 2.03. The second kappa shape index (κ2) is 4.01. The summed E-state index contributed by atoms with van der Waals surface area (Å²) in [5.74, 6) is 0.212. The molecule has 2 atom stereocenters. The molecule has 0 amide bonds. The number of nitrogens with zero attached hydrogens (tertiary/aromatic N) is 2. The Hall–Kier alpha value is -1.16. The smallest absolute Gasteiger partial charge is 0.165 e. The molecule has 0 aromatic carbocycles. The first kappa shape index (κ1) is 11.3. The summed E-state index contributed by atoms with van der Waals surface area (Å²) >= 11 is 0. The maximum atomic E-state index is 13.5. The van der Waals surface area contributed by atoms with E-state index in [-0.39, 0.29) is 11.7 Å². The average molecular weight is 224 g/mol. The number of rotatable bonds is 1. The molecule has 0 unspecified atom stereocenters. The number of halogens is 1. The van der Waals surface area contributed by atoms with Gasteiger partial charge in [0.1, 0.15) is 0 Å². The van der Waals surface area contributed by atoms with Gasteiger partial charge in [0.25, 0.3) is 0 Å². The summed E-state index contributed by atoms with van der Waals surface area (Å²) in [7, 11) is 0. The predicted molar refractivity (Wildman–Crippen MR) is 60.8 cm³/mol. The fourth-order valence-corrected chi connectivity index (χ4v) is 2.03. The zero-order chi connectivity index (χ0) is 11.8. The van der Waals surface area contributed by atoms with Crippen molar-refractivity contribution in [2.75, 3.05) is 18.0 Å². The minimum atomic E-state index is -0.651. The van der Waals surface area contributed by atoms with E-state index >= 15 is 0 Å². The molecule has 1 aromatic rings. The Balaban J connectivity index is 2.17. The molecule has 0 radical (unpaired) electrons. The summed E-state index contributed by atoms with van der Waals surface area (Å²) in [4.78, 5) is 5.95. The van der Waals surface area contributed by atoms with Crippen LogP contribution in [0.1, 0.15) is 20.3 Å². The van der Waals surface area contributed by atoms with E-state index in [1.54, 1.807) is 12.3 Å². The third-order valence-electron chi connectivity index (χ3n) is 3.48. The topological polar surface area (TPSA) is 36.4 Å². The Kier molecular flexibility index (Phi) is 2.84. The number of anilines is 1. The number of hydrogen-bond donors (Lipinski definition) is 1. The van der Waals surface area contributed by atoms with Gasteiger partial charge in [-0.2, -0.15) is 0 Å². The minimum absolute atomic E-state index is 0.114. The van der Waals surface area contributed by atoms with Gasteiger partial charge in [-0.1, -0.05) is 6.92 Å². The molecule has 0 spiro atoms. The second-order valence-electron chi connectivity index (χ2n) is 4.76. The normalized spacial score (nSPS) is 30.5. The third-order valence-corrected chi connectivity index (χ3v) is 3.48. The largest absolute Gasteiger partial charge is 0.390 e. The summed E-state index contributed by atoms with van der Waals surface area (Å²) < 4.78 is 13.5. The average Bonchev–Trinajstić information content (AvgIpc) is 2.23. The molecule has 3 nitrogen and oxygen atoms in total. The summed E-state index contributed by atoms with van der Waals surface area (Å²) in [6.45, 7) is 5.10. The first-order chi connectivity index (χ1) is 7.50. The van der Waals surface area contributed by atoms with Gasteiger partial charge in [0, 0.05) is 25.2 Å². The van der Waals surface area contributed by atoms with Crippen molar-refractivity contribution in [3.8, 4) is 0 Å². The van der Waals surface area contributed by atoms with Crippen LogP contribution in [0.5, 0.6) is 0 Å². The highest BCUT2D eigenvalue weighted by Gasteiger charge is 2.35. The molecule has 2 heterocycles. The Morgan fingerprint density at radius 3 is 3.00 bits per heavy atom. The molecule has 0 saturated carbocycles. The molecular formula is C12H17FN2O. The van der Waals surface area contributed by atoms with E-state index in [2.05, 4.69) is 4.98 Å². The molecular weight excluding hydrogens is 207 g/mol. The van der Waals surface area contributed by atoms with Crippen LogP contribution >= 0.6 is 0 Å². The fraction of sp³-hybridized carbons (Fsp3) is 0.583. The van der Waals surface area contributed by atoms with Crippen LogP contribution in [-0.4, -0.2) is 28.8 Å². The van der Waals surface area contributed by atoms with E-state index in [0.29, 0.717) is 25.3 Å². The zero-order valence-electron chi connectivity index (χ0n) is 9.65. The van der Waals surface area contributed by atoms with E-state index in [4.69, 9.17) is 0 Å². The van der Waals surface area contributed by atoms with Crippen molar-refractivity contribution < 1.29 is 9.50 Å². The summed E-state index contributed by atoms with van der Waals surface area (Å²) in [6.07, 6.45) is 2.24. The summed E-state index contributed by atoms with van der Waals surface area (Å²) in [5.41, 5.74) is -0.651. The van der Waals surface area contributed by atoms with Crippen molar-refractivity contribution >= 4 is 5.82 Å². The van der Waals surface area contributed by atoms with Crippen LogP contribution in [0.2, 0.25) is 0 Å². The Labute approximate surface area is 94.9 Å². The van der Waals surface area contributed by atoms with E-state index in [9.17, 15) is 9.50 Å². The molecule has 1 aromatic heterocycles. The Morgan fingerprint density at radius 2 is 2.38 bits per heavy atom. The maximum absolute atomic E-state index is 13.5. The number of aromatic nitrogens is 1. The van der Waals surface area contributed by atoms with Crippen LogP contribution in [0.15, 0.2) is 18.3 Å². The van der Waals surface area contributed by atoms with Crippen molar-refractivity contribution in [2.24, 2.45) is 5.92 Å². The van der Waals surface area contributed by atoms with Crippen molar-refractivity contribution in [1.29, 1.82) is 0 Å². The number of pyridine rings is 1. The number of piperidine rings is 1. The molecule has 1 aliphatic rings. The molecule has 2 rings (SSSR count). The van der Waals surface area contributed by atoms with Crippen molar-refractivity contribution in [2.45, 2.75) is 25.9 Å². The molecule has 1 aliphatic heterocycles. The minimum Gasteiger partial charge on any atom is -0.390 e.